The van der Waals surface area contributed by atoms with Crippen molar-refractivity contribution < 1.29 is 26.8 Å². The van der Waals surface area contributed by atoms with Crippen molar-refractivity contribution in [2.45, 2.75) is 65.1 Å². The third kappa shape index (κ3) is 8.81. The number of rotatable bonds is 13. The van der Waals surface area contributed by atoms with Crippen molar-refractivity contribution in [3.8, 4) is 0 Å². The Labute approximate surface area is 233 Å². The second-order valence-electron chi connectivity index (χ2n) is 9.04. The highest BCUT2D eigenvalue weighted by Gasteiger charge is 2.30. The van der Waals surface area contributed by atoms with Gasteiger partial charge in [0.15, 0.2) is 11.6 Å². The molecule has 0 fully saturated rings. The summed E-state index contributed by atoms with van der Waals surface area (Å²) in [6.07, 6.45) is 1.96. The van der Waals surface area contributed by atoms with E-state index in [-0.39, 0.29) is 49.5 Å². The second-order valence-corrected chi connectivity index (χ2v) is 11.8. The largest absolute Gasteiger partial charge is 0.352 e. The van der Waals surface area contributed by atoms with Crippen LogP contribution in [0.3, 0.4) is 0 Å². The predicted molar refractivity (Wildman–Crippen MR) is 147 cm³/mol. The monoisotopic (exact) mass is 591 g/mol. The van der Waals surface area contributed by atoms with Crippen molar-refractivity contribution in [3.05, 3.63) is 63.6 Å². The zero-order chi connectivity index (χ0) is 28.6. The van der Waals surface area contributed by atoms with Crippen LogP contribution in [0.2, 0.25) is 10.0 Å². The Balaban J connectivity index is 2.28. The molecule has 12 heteroatoms. The number of nitrogens with zero attached hydrogens (tertiary/aromatic N) is 2. The maximum absolute atomic E-state index is 13.8. The van der Waals surface area contributed by atoms with Gasteiger partial charge in [0.2, 0.25) is 21.8 Å². The third-order valence-corrected chi connectivity index (χ3v) is 7.87. The van der Waals surface area contributed by atoms with Crippen LogP contribution in [0.1, 0.15) is 52.0 Å². The smallest absolute Gasteiger partial charge is 0.243 e. The van der Waals surface area contributed by atoms with Crippen LogP contribution in [-0.4, -0.2) is 50.0 Å². The molecule has 0 spiro atoms. The van der Waals surface area contributed by atoms with Gasteiger partial charge >= 0.3 is 0 Å². The Bertz CT molecular complexity index is 1250. The highest BCUT2D eigenvalue weighted by molar-refractivity contribution is 7.92. The fourth-order valence-corrected chi connectivity index (χ4v) is 5.26. The molecule has 7 nitrogen and oxygen atoms in total. The second kappa shape index (κ2) is 14.1. The minimum atomic E-state index is -3.85. The van der Waals surface area contributed by atoms with Crippen molar-refractivity contribution >= 4 is 50.7 Å². The van der Waals surface area contributed by atoms with Crippen LogP contribution in [0.4, 0.5) is 14.5 Å². The molecule has 0 heterocycles. The minimum Gasteiger partial charge on any atom is -0.352 e. The fraction of sp³-hybridized carbons (Fsp3) is 0.462. The van der Waals surface area contributed by atoms with E-state index in [0.717, 1.165) is 28.8 Å². The Hall–Kier alpha value is -2.43. The summed E-state index contributed by atoms with van der Waals surface area (Å²) in [5.74, 6) is -2.98. The number of halogens is 4. The molecule has 2 aromatic rings. The number of carbonyl (C=O) groups is 2. The lowest BCUT2D eigenvalue weighted by Crippen LogP contribution is -2.50. The molecule has 0 aliphatic heterocycles. The predicted octanol–water partition coefficient (Wildman–Crippen LogP) is 5.54. The molecule has 38 heavy (non-hydrogen) atoms. The first-order valence-corrected chi connectivity index (χ1v) is 14.8. The summed E-state index contributed by atoms with van der Waals surface area (Å²) in [6, 6.07) is 6.77. The maximum Gasteiger partial charge on any atom is 0.243 e. The summed E-state index contributed by atoms with van der Waals surface area (Å²) in [4.78, 5) is 27.9. The van der Waals surface area contributed by atoms with Gasteiger partial charge in [0.1, 0.15) is 6.04 Å². The van der Waals surface area contributed by atoms with Gasteiger partial charge in [0, 0.05) is 41.7 Å². The first kappa shape index (κ1) is 31.8. The molecule has 0 radical (unpaired) electrons. The van der Waals surface area contributed by atoms with E-state index >= 15 is 0 Å². The molecule has 0 aromatic heterocycles. The number of hydrogen-bond donors (Lipinski definition) is 1. The highest BCUT2D eigenvalue weighted by atomic mass is 35.5. The Kier molecular flexibility index (Phi) is 11.8. The van der Waals surface area contributed by atoms with E-state index in [1.807, 2.05) is 13.8 Å². The molecular weight excluding hydrogens is 559 g/mol. The standard InChI is InChI=1S/C26H33Cl2F2N3O4S/c1-5-17(3)31-26(35)24(6-2)32(16-18-9-10-19(27)14-21(18)28)25(34)8-7-13-33(38(4,36)37)20-11-12-22(29)23(30)15-20/h9-12,14-15,17,24H,5-8,13,16H2,1-4H3,(H,31,35)/t17-,24+/m1/s1. The molecule has 210 valence electrons. The van der Waals surface area contributed by atoms with Crippen LogP contribution in [0.15, 0.2) is 36.4 Å². The molecule has 0 aliphatic carbocycles. The van der Waals surface area contributed by atoms with Crippen LogP contribution < -0.4 is 9.62 Å². The summed E-state index contributed by atoms with van der Waals surface area (Å²) < 4.78 is 52.7. The van der Waals surface area contributed by atoms with Crippen LogP contribution in [0.25, 0.3) is 0 Å². The molecular formula is C26H33Cl2F2N3O4S. The Morgan fingerprint density at radius 3 is 2.26 bits per heavy atom. The van der Waals surface area contributed by atoms with Gasteiger partial charge < -0.3 is 10.2 Å². The zero-order valence-electron chi connectivity index (χ0n) is 21.8. The van der Waals surface area contributed by atoms with Gasteiger partial charge in [-0.2, -0.15) is 0 Å². The van der Waals surface area contributed by atoms with Crippen LogP contribution in [0, 0.1) is 11.6 Å². The molecule has 0 saturated carbocycles. The lowest BCUT2D eigenvalue weighted by molar-refractivity contribution is -0.141. The van der Waals surface area contributed by atoms with Crippen LogP contribution >= 0.6 is 23.2 Å². The number of anilines is 1. The molecule has 0 bridgehead atoms. The highest BCUT2D eigenvalue weighted by Crippen LogP contribution is 2.25. The van der Waals surface area contributed by atoms with Crippen molar-refractivity contribution in [1.82, 2.24) is 10.2 Å². The van der Waals surface area contributed by atoms with Crippen molar-refractivity contribution in [1.29, 1.82) is 0 Å². The average Bonchev–Trinajstić information content (AvgIpc) is 2.83. The molecule has 0 aliphatic rings. The zero-order valence-corrected chi connectivity index (χ0v) is 24.1. The number of benzene rings is 2. The summed E-state index contributed by atoms with van der Waals surface area (Å²) in [7, 11) is -3.85. The van der Waals surface area contributed by atoms with Crippen molar-refractivity contribution in [2.24, 2.45) is 0 Å². The maximum atomic E-state index is 13.8. The summed E-state index contributed by atoms with van der Waals surface area (Å²) in [5.41, 5.74) is 0.543. The summed E-state index contributed by atoms with van der Waals surface area (Å²) in [6.45, 7) is 5.48. The van der Waals surface area contributed by atoms with E-state index in [4.69, 9.17) is 23.2 Å². The first-order chi connectivity index (χ1) is 17.8. The molecule has 2 aromatic carbocycles. The number of hydrogen-bond acceptors (Lipinski definition) is 4. The molecule has 2 atom stereocenters. The molecule has 0 saturated heterocycles. The van der Waals surface area contributed by atoms with E-state index in [0.29, 0.717) is 28.5 Å². The summed E-state index contributed by atoms with van der Waals surface area (Å²) >= 11 is 12.4. The SMILES string of the molecule is CC[C@@H](C)NC(=O)[C@H](CC)N(Cc1ccc(Cl)cc1Cl)C(=O)CCCN(c1ccc(F)c(F)c1)S(C)(=O)=O. The Morgan fingerprint density at radius 2 is 1.71 bits per heavy atom. The van der Waals surface area contributed by atoms with Crippen LogP contribution in [-0.2, 0) is 26.2 Å². The fourth-order valence-electron chi connectivity index (χ4n) is 3.84. The lowest BCUT2D eigenvalue weighted by atomic mass is 10.1. The van der Waals surface area contributed by atoms with Crippen molar-refractivity contribution in [2.75, 3.05) is 17.1 Å². The van der Waals surface area contributed by atoms with Gasteiger partial charge in [-0.15, -0.1) is 0 Å². The van der Waals surface area contributed by atoms with Crippen molar-refractivity contribution in [3.63, 3.8) is 0 Å². The number of carbonyl (C=O) groups excluding carboxylic acids is 2. The molecule has 2 amide bonds. The van der Waals surface area contributed by atoms with E-state index in [1.54, 1.807) is 25.1 Å². The van der Waals surface area contributed by atoms with E-state index in [2.05, 4.69) is 5.32 Å². The van der Waals surface area contributed by atoms with Gasteiger partial charge in [-0.3, -0.25) is 13.9 Å². The number of sulfonamides is 1. The third-order valence-electron chi connectivity index (χ3n) is 6.09. The number of nitrogens with one attached hydrogen (secondary N) is 1. The number of amides is 2. The van der Waals surface area contributed by atoms with Gasteiger partial charge in [-0.1, -0.05) is 43.1 Å². The molecule has 0 unspecified atom stereocenters. The van der Waals surface area contributed by atoms with Gasteiger partial charge in [-0.05, 0) is 56.0 Å². The normalized spacial score (nSPS) is 13.1. The van der Waals surface area contributed by atoms with Gasteiger partial charge in [0.05, 0.1) is 11.9 Å². The van der Waals surface area contributed by atoms with E-state index < -0.39 is 27.7 Å². The summed E-state index contributed by atoms with van der Waals surface area (Å²) in [5, 5.41) is 3.68. The van der Waals surface area contributed by atoms with E-state index in [9.17, 15) is 26.8 Å². The minimum absolute atomic E-state index is 0.0419. The van der Waals surface area contributed by atoms with Crippen LogP contribution in [0.5, 0.6) is 0 Å². The molecule has 2 rings (SSSR count). The molecule has 1 N–H and O–H groups in total. The van der Waals surface area contributed by atoms with Gasteiger partial charge in [-0.25, -0.2) is 17.2 Å². The lowest BCUT2D eigenvalue weighted by Gasteiger charge is -2.32. The Morgan fingerprint density at radius 1 is 1.03 bits per heavy atom. The first-order valence-electron chi connectivity index (χ1n) is 12.2. The quantitative estimate of drug-likeness (QED) is 0.331. The average molecular weight is 593 g/mol. The topological polar surface area (TPSA) is 86.8 Å². The van der Waals surface area contributed by atoms with Gasteiger partial charge in [0.25, 0.3) is 0 Å². The van der Waals surface area contributed by atoms with E-state index in [1.165, 1.54) is 4.90 Å².